The van der Waals surface area contributed by atoms with E-state index in [1.54, 1.807) is 0 Å². The predicted octanol–water partition coefficient (Wildman–Crippen LogP) is 3.46. The lowest BCUT2D eigenvalue weighted by atomic mass is 10.2. The molecule has 0 saturated heterocycles. The SMILES string of the molecule is C#CCn1c(=NC(=O)c2nc3ccccc3s2)sc2cc3c(cc21)OCCO3. The summed E-state index contributed by atoms with van der Waals surface area (Å²) in [7, 11) is 0. The minimum atomic E-state index is -0.379. The highest BCUT2D eigenvalue weighted by molar-refractivity contribution is 7.20. The average molecular weight is 407 g/mol. The molecule has 0 spiro atoms. The summed E-state index contributed by atoms with van der Waals surface area (Å²) in [5.74, 6) is 3.62. The highest BCUT2D eigenvalue weighted by atomic mass is 32.1. The monoisotopic (exact) mass is 407 g/mol. The van der Waals surface area contributed by atoms with E-state index in [-0.39, 0.29) is 5.91 Å². The number of fused-ring (bicyclic) bond motifs is 3. The molecule has 6 nitrogen and oxygen atoms in total. The molecule has 0 atom stereocenters. The topological polar surface area (TPSA) is 65.7 Å². The fraction of sp³-hybridized carbons (Fsp3) is 0.150. The van der Waals surface area contributed by atoms with E-state index in [0.29, 0.717) is 41.1 Å². The first kappa shape index (κ1) is 17.0. The molecule has 0 unspecified atom stereocenters. The Labute approximate surface area is 167 Å². The molecule has 0 aliphatic carbocycles. The Kier molecular flexibility index (Phi) is 4.11. The van der Waals surface area contributed by atoms with Crippen LogP contribution in [0.25, 0.3) is 20.4 Å². The Morgan fingerprint density at radius 1 is 1.18 bits per heavy atom. The van der Waals surface area contributed by atoms with Gasteiger partial charge in [-0.05, 0) is 12.1 Å². The van der Waals surface area contributed by atoms with Gasteiger partial charge in [0.1, 0.15) is 13.2 Å². The molecule has 0 saturated carbocycles. The largest absolute Gasteiger partial charge is 0.486 e. The van der Waals surface area contributed by atoms with Gasteiger partial charge in [-0.25, -0.2) is 4.98 Å². The maximum atomic E-state index is 12.7. The van der Waals surface area contributed by atoms with Crippen LogP contribution in [0.4, 0.5) is 0 Å². The van der Waals surface area contributed by atoms with E-state index in [4.69, 9.17) is 15.9 Å². The van der Waals surface area contributed by atoms with Crippen molar-refractivity contribution in [1.29, 1.82) is 0 Å². The molecule has 8 heteroatoms. The maximum absolute atomic E-state index is 12.7. The Morgan fingerprint density at radius 3 is 2.75 bits per heavy atom. The summed E-state index contributed by atoms with van der Waals surface area (Å²) in [6.45, 7) is 1.32. The number of terminal acetylenes is 1. The van der Waals surface area contributed by atoms with Gasteiger partial charge in [0.05, 0.1) is 27.0 Å². The fourth-order valence-corrected chi connectivity index (χ4v) is 4.92. The lowest BCUT2D eigenvalue weighted by Gasteiger charge is -2.18. The second-order valence-electron chi connectivity index (χ2n) is 6.04. The number of carbonyl (C=O) groups is 1. The van der Waals surface area contributed by atoms with E-state index in [2.05, 4.69) is 15.9 Å². The predicted molar refractivity (Wildman–Crippen MR) is 109 cm³/mol. The van der Waals surface area contributed by atoms with Gasteiger partial charge in [0.2, 0.25) is 0 Å². The molecule has 3 heterocycles. The molecule has 28 heavy (non-hydrogen) atoms. The molecule has 5 rings (SSSR count). The third kappa shape index (κ3) is 2.85. The van der Waals surface area contributed by atoms with E-state index < -0.39 is 0 Å². The van der Waals surface area contributed by atoms with Crippen molar-refractivity contribution in [3.05, 3.63) is 46.2 Å². The van der Waals surface area contributed by atoms with Crippen LogP contribution in [-0.4, -0.2) is 28.7 Å². The lowest BCUT2D eigenvalue weighted by molar-refractivity contribution is 0.0997. The molecule has 138 valence electrons. The number of amides is 1. The molecule has 1 amide bonds. The number of rotatable bonds is 2. The minimum absolute atomic E-state index is 0.297. The van der Waals surface area contributed by atoms with Crippen LogP contribution in [0.15, 0.2) is 41.4 Å². The van der Waals surface area contributed by atoms with Crippen molar-refractivity contribution >= 4 is 49.0 Å². The number of thiazole rings is 2. The van der Waals surface area contributed by atoms with Gasteiger partial charge in [-0.15, -0.1) is 17.8 Å². The van der Waals surface area contributed by atoms with Crippen LogP contribution in [0.1, 0.15) is 9.80 Å². The van der Waals surface area contributed by atoms with Crippen molar-refractivity contribution in [3.63, 3.8) is 0 Å². The van der Waals surface area contributed by atoms with Crippen LogP contribution >= 0.6 is 22.7 Å². The van der Waals surface area contributed by atoms with Crippen LogP contribution in [0, 0.1) is 12.3 Å². The zero-order valence-electron chi connectivity index (χ0n) is 14.5. The molecular weight excluding hydrogens is 394 g/mol. The number of carbonyl (C=O) groups excluding carboxylic acids is 1. The zero-order chi connectivity index (χ0) is 19.1. The Morgan fingerprint density at radius 2 is 1.96 bits per heavy atom. The highest BCUT2D eigenvalue weighted by Crippen LogP contribution is 2.35. The van der Waals surface area contributed by atoms with Crippen molar-refractivity contribution in [1.82, 2.24) is 9.55 Å². The number of hydrogen-bond acceptors (Lipinski definition) is 6. The van der Waals surface area contributed by atoms with Crippen LogP contribution in [0.2, 0.25) is 0 Å². The van der Waals surface area contributed by atoms with Crippen molar-refractivity contribution in [2.75, 3.05) is 13.2 Å². The Bertz CT molecular complexity index is 1310. The third-order valence-electron chi connectivity index (χ3n) is 4.27. The molecule has 0 fully saturated rings. The van der Waals surface area contributed by atoms with Crippen LogP contribution in [-0.2, 0) is 6.54 Å². The van der Waals surface area contributed by atoms with E-state index in [9.17, 15) is 4.79 Å². The van der Waals surface area contributed by atoms with Crippen LogP contribution in [0.5, 0.6) is 11.5 Å². The standard InChI is InChI=1S/C20H13N3O3S2/c1-2-7-23-13-10-14-15(26-9-8-25-14)11-17(13)28-20(23)22-18(24)19-21-12-5-3-4-6-16(12)27-19/h1,3-6,10-11H,7-9H2. The molecule has 0 radical (unpaired) electrons. The van der Waals surface area contributed by atoms with Crippen LogP contribution < -0.4 is 14.3 Å². The van der Waals surface area contributed by atoms with E-state index in [1.165, 1.54) is 22.7 Å². The normalized spacial score (nSPS) is 13.8. The lowest BCUT2D eigenvalue weighted by Crippen LogP contribution is -2.17. The van der Waals surface area contributed by atoms with Gasteiger partial charge in [0.25, 0.3) is 0 Å². The third-order valence-corrected chi connectivity index (χ3v) is 6.34. The Hall–Kier alpha value is -3.15. The van der Waals surface area contributed by atoms with E-state index in [1.807, 2.05) is 41.0 Å². The van der Waals surface area contributed by atoms with Crippen LogP contribution in [0.3, 0.4) is 0 Å². The molecule has 1 aliphatic heterocycles. The summed E-state index contributed by atoms with van der Waals surface area (Å²) < 4.78 is 15.0. The molecule has 0 N–H and O–H groups in total. The van der Waals surface area contributed by atoms with Crippen molar-refractivity contribution in [2.24, 2.45) is 4.99 Å². The molecule has 2 aromatic heterocycles. The van der Waals surface area contributed by atoms with E-state index >= 15 is 0 Å². The molecule has 1 aliphatic rings. The fourth-order valence-electron chi connectivity index (χ4n) is 3.03. The summed E-state index contributed by atoms with van der Waals surface area (Å²) in [6, 6.07) is 11.4. The van der Waals surface area contributed by atoms with E-state index in [0.717, 1.165) is 20.4 Å². The first-order valence-electron chi connectivity index (χ1n) is 8.54. The molecule has 2 aromatic carbocycles. The van der Waals surface area contributed by atoms with Gasteiger partial charge in [-0.2, -0.15) is 4.99 Å². The Balaban J connectivity index is 1.65. The quantitative estimate of drug-likeness (QED) is 0.478. The van der Waals surface area contributed by atoms with Gasteiger partial charge < -0.3 is 14.0 Å². The molecule has 0 bridgehead atoms. The van der Waals surface area contributed by atoms with Crippen molar-refractivity contribution in [2.45, 2.75) is 6.54 Å². The number of para-hydroxylation sites is 1. The van der Waals surface area contributed by atoms with Gasteiger partial charge in [-0.1, -0.05) is 29.4 Å². The summed E-state index contributed by atoms with van der Waals surface area (Å²) in [4.78, 5) is 22.0. The van der Waals surface area contributed by atoms with Crippen molar-refractivity contribution < 1.29 is 14.3 Å². The second kappa shape index (κ2) is 6.78. The summed E-state index contributed by atoms with van der Waals surface area (Å²) in [6.07, 6.45) is 5.55. The number of ether oxygens (including phenoxy) is 2. The zero-order valence-corrected chi connectivity index (χ0v) is 16.2. The highest BCUT2D eigenvalue weighted by Gasteiger charge is 2.17. The van der Waals surface area contributed by atoms with Crippen molar-refractivity contribution in [3.8, 4) is 23.8 Å². The maximum Gasteiger partial charge on any atom is 0.308 e. The van der Waals surface area contributed by atoms with Gasteiger partial charge in [0.15, 0.2) is 21.3 Å². The molecule has 4 aromatic rings. The average Bonchev–Trinajstić information content (AvgIpc) is 3.28. The smallest absolute Gasteiger partial charge is 0.308 e. The van der Waals surface area contributed by atoms with Gasteiger partial charge in [0, 0.05) is 12.1 Å². The minimum Gasteiger partial charge on any atom is -0.486 e. The molecular formula is C20H13N3O3S2. The van der Waals surface area contributed by atoms with Gasteiger partial charge >= 0.3 is 5.91 Å². The second-order valence-corrected chi connectivity index (χ2v) is 8.08. The summed E-state index contributed by atoms with van der Waals surface area (Å²) >= 11 is 2.72. The summed E-state index contributed by atoms with van der Waals surface area (Å²) in [5.41, 5.74) is 1.66. The number of hydrogen-bond donors (Lipinski definition) is 0. The number of benzene rings is 2. The number of aromatic nitrogens is 2. The number of nitrogens with zero attached hydrogens (tertiary/aromatic N) is 3. The summed E-state index contributed by atoms with van der Waals surface area (Å²) in [5, 5.41) is 0.358. The first-order valence-corrected chi connectivity index (χ1v) is 10.2. The van der Waals surface area contributed by atoms with Gasteiger partial charge in [-0.3, -0.25) is 4.79 Å². The first-order chi connectivity index (χ1) is 13.7.